The van der Waals surface area contributed by atoms with E-state index in [9.17, 15) is 9.90 Å². The molecule has 1 aliphatic heterocycles. The molecule has 0 saturated heterocycles. The van der Waals surface area contributed by atoms with Gasteiger partial charge in [0.25, 0.3) is 0 Å². The summed E-state index contributed by atoms with van der Waals surface area (Å²) < 4.78 is 2.05. The molecular formula is C18H23N3O2. The van der Waals surface area contributed by atoms with E-state index < -0.39 is 5.97 Å². The minimum Gasteiger partial charge on any atom is -0.478 e. The van der Waals surface area contributed by atoms with Crippen LogP contribution in [0, 0.1) is 6.92 Å². The van der Waals surface area contributed by atoms with Gasteiger partial charge in [-0.25, -0.2) is 4.79 Å². The summed E-state index contributed by atoms with van der Waals surface area (Å²) in [7, 11) is 0. The van der Waals surface area contributed by atoms with Gasteiger partial charge < -0.3 is 5.11 Å². The molecule has 0 unspecified atom stereocenters. The molecule has 5 heteroatoms. The zero-order valence-electron chi connectivity index (χ0n) is 13.7. The molecule has 23 heavy (non-hydrogen) atoms. The average Bonchev–Trinajstić information content (AvgIpc) is 2.88. The number of hydrogen-bond acceptors (Lipinski definition) is 3. The van der Waals surface area contributed by atoms with Gasteiger partial charge in [0.1, 0.15) is 0 Å². The fourth-order valence-corrected chi connectivity index (χ4v) is 3.29. The van der Waals surface area contributed by atoms with Crippen LogP contribution >= 0.6 is 0 Å². The molecule has 1 aliphatic rings. The highest BCUT2D eigenvalue weighted by Gasteiger charge is 2.22. The lowest BCUT2D eigenvalue weighted by Gasteiger charge is -2.29. The lowest BCUT2D eigenvalue weighted by Crippen LogP contribution is -2.31. The van der Waals surface area contributed by atoms with Crippen molar-refractivity contribution in [3.8, 4) is 0 Å². The standard InChI is InChI=1S/C18H23N3O2/c1-3-8-21-13(2)15(10-19-21)11-20-9-7-14-5-4-6-16(18(22)23)17(14)12-20/h4-6,10H,3,7-9,11-12H2,1-2H3,(H,22,23). The summed E-state index contributed by atoms with van der Waals surface area (Å²) in [4.78, 5) is 13.7. The molecule has 0 amide bonds. The first kappa shape index (κ1) is 15.7. The fourth-order valence-electron chi connectivity index (χ4n) is 3.29. The lowest BCUT2D eigenvalue weighted by molar-refractivity contribution is 0.0693. The van der Waals surface area contributed by atoms with Crippen LogP contribution < -0.4 is 0 Å². The third-order valence-electron chi connectivity index (χ3n) is 4.62. The van der Waals surface area contributed by atoms with E-state index in [1.165, 1.54) is 16.8 Å². The number of carboxylic acid groups (broad SMARTS) is 1. The third kappa shape index (κ3) is 3.15. The van der Waals surface area contributed by atoms with E-state index in [0.717, 1.165) is 38.0 Å². The highest BCUT2D eigenvalue weighted by Crippen LogP contribution is 2.24. The van der Waals surface area contributed by atoms with Crippen molar-refractivity contribution in [3.05, 3.63) is 52.3 Å². The number of fused-ring (bicyclic) bond motifs is 1. The van der Waals surface area contributed by atoms with Crippen molar-refractivity contribution < 1.29 is 9.90 Å². The molecule has 2 heterocycles. The number of benzene rings is 1. The Labute approximate surface area is 136 Å². The number of rotatable bonds is 5. The number of aromatic nitrogens is 2. The van der Waals surface area contributed by atoms with E-state index in [4.69, 9.17) is 0 Å². The number of hydrogen-bond donors (Lipinski definition) is 1. The van der Waals surface area contributed by atoms with Crippen molar-refractivity contribution in [2.75, 3.05) is 6.54 Å². The fraction of sp³-hybridized carbons (Fsp3) is 0.444. The molecule has 3 rings (SSSR count). The van der Waals surface area contributed by atoms with Crippen LogP contribution in [0.2, 0.25) is 0 Å². The SMILES string of the molecule is CCCn1ncc(CN2CCc3cccc(C(=O)O)c3C2)c1C. The highest BCUT2D eigenvalue weighted by molar-refractivity contribution is 5.89. The van der Waals surface area contributed by atoms with Gasteiger partial charge in [0.2, 0.25) is 0 Å². The smallest absolute Gasteiger partial charge is 0.336 e. The van der Waals surface area contributed by atoms with Gasteiger partial charge in [-0.05, 0) is 37.0 Å². The molecule has 0 radical (unpaired) electrons. The maximum Gasteiger partial charge on any atom is 0.336 e. The summed E-state index contributed by atoms with van der Waals surface area (Å²) in [6.45, 7) is 7.67. The van der Waals surface area contributed by atoms with Gasteiger partial charge >= 0.3 is 5.97 Å². The molecule has 0 fully saturated rings. The third-order valence-corrected chi connectivity index (χ3v) is 4.62. The molecule has 0 bridgehead atoms. The van der Waals surface area contributed by atoms with Crippen molar-refractivity contribution in [3.63, 3.8) is 0 Å². The van der Waals surface area contributed by atoms with Crippen molar-refractivity contribution in [1.29, 1.82) is 0 Å². The Bertz CT molecular complexity index is 721. The first-order chi connectivity index (χ1) is 11.1. The highest BCUT2D eigenvalue weighted by atomic mass is 16.4. The lowest BCUT2D eigenvalue weighted by atomic mass is 9.94. The molecule has 0 atom stereocenters. The van der Waals surface area contributed by atoms with Crippen molar-refractivity contribution >= 4 is 5.97 Å². The second-order valence-electron chi connectivity index (χ2n) is 6.19. The minimum atomic E-state index is -0.837. The first-order valence-electron chi connectivity index (χ1n) is 8.17. The van der Waals surface area contributed by atoms with E-state index in [0.29, 0.717) is 12.1 Å². The molecular weight excluding hydrogens is 290 g/mol. The van der Waals surface area contributed by atoms with Crippen LogP contribution in [0.15, 0.2) is 24.4 Å². The summed E-state index contributed by atoms with van der Waals surface area (Å²) in [6.07, 6.45) is 3.92. The largest absolute Gasteiger partial charge is 0.478 e. The molecule has 1 aromatic carbocycles. The Hall–Kier alpha value is -2.14. The number of carboxylic acids is 1. The zero-order valence-corrected chi connectivity index (χ0v) is 13.7. The number of aromatic carboxylic acids is 1. The normalized spacial score (nSPS) is 14.7. The van der Waals surface area contributed by atoms with Crippen LogP contribution in [0.3, 0.4) is 0 Å². The Balaban J connectivity index is 1.79. The quantitative estimate of drug-likeness (QED) is 0.922. The topological polar surface area (TPSA) is 58.4 Å². The van der Waals surface area contributed by atoms with Crippen molar-refractivity contribution in [2.24, 2.45) is 0 Å². The number of aryl methyl sites for hydroxylation is 1. The molecule has 122 valence electrons. The van der Waals surface area contributed by atoms with Crippen LogP contribution in [-0.2, 0) is 26.1 Å². The Kier molecular flexibility index (Phi) is 4.48. The number of carbonyl (C=O) groups is 1. The van der Waals surface area contributed by atoms with Crippen LogP contribution in [0.25, 0.3) is 0 Å². The average molecular weight is 313 g/mol. The van der Waals surface area contributed by atoms with Gasteiger partial charge in [-0.3, -0.25) is 9.58 Å². The van der Waals surface area contributed by atoms with E-state index in [-0.39, 0.29) is 0 Å². The Morgan fingerprint density at radius 2 is 2.22 bits per heavy atom. The van der Waals surface area contributed by atoms with Crippen LogP contribution in [0.5, 0.6) is 0 Å². The molecule has 0 spiro atoms. The van der Waals surface area contributed by atoms with Gasteiger partial charge in [0.15, 0.2) is 0 Å². The predicted octanol–water partition coefficient (Wildman–Crippen LogP) is 2.86. The molecule has 2 aromatic rings. The van der Waals surface area contributed by atoms with E-state index in [1.54, 1.807) is 6.07 Å². The van der Waals surface area contributed by atoms with Crippen molar-refractivity contribution in [1.82, 2.24) is 14.7 Å². The minimum absolute atomic E-state index is 0.436. The van der Waals surface area contributed by atoms with Crippen molar-refractivity contribution in [2.45, 2.75) is 46.3 Å². The summed E-state index contributed by atoms with van der Waals surface area (Å²) in [6, 6.07) is 5.59. The van der Waals surface area contributed by atoms with E-state index >= 15 is 0 Å². The van der Waals surface area contributed by atoms with Crippen LogP contribution in [-0.4, -0.2) is 32.3 Å². The molecule has 0 saturated carbocycles. The maximum absolute atomic E-state index is 11.4. The summed E-state index contributed by atoms with van der Waals surface area (Å²) >= 11 is 0. The summed E-state index contributed by atoms with van der Waals surface area (Å²) in [5.41, 5.74) is 5.01. The molecule has 0 aliphatic carbocycles. The van der Waals surface area contributed by atoms with Gasteiger partial charge in [-0.2, -0.15) is 5.10 Å². The number of nitrogens with zero attached hydrogens (tertiary/aromatic N) is 3. The van der Waals surface area contributed by atoms with E-state index in [2.05, 4.69) is 28.5 Å². The zero-order chi connectivity index (χ0) is 16.4. The maximum atomic E-state index is 11.4. The summed E-state index contributed by atoms with van der Waals surface area (Å²) in [5, 5.41) is 13.8. The van der Waals surface area contributed by atoms with Crippen LogP contribution in [0.4, 0.5) is 0 Å². The van der Waals surface area contributed by atoms with Gasteiger partial charge in [0.05, 0.1) is 11.8 Å². The molecule has 1 N–H and O–H groups in total. The second-order valence-corrected chi connectivity index (χ2v) is 6.19. The van der Waals surface area contributed by atoms with Crippen LogP contribution in [0.1, 0.15) is 46.1 Å². The molecule has 1 aromatic heterocycles. The monoisotopic (exact) mass is 313 g/mol. The molecule has 5 nitrogen and oxygen atoms in total. The first-order valence-corrected chi connectivity index (χ1v) is 8.17. The predicted molar refractivity (Wildman–Crippen MR) is 88.5 cm³/mol. The van der Waals surface area contributed by atoms with Gasteiger partial charge in [-0.15, -0.1) is 0 Å². The van der Waals surface area contributed by atoms with Gasteiger partial charge in [-0.1, -0.05) is 19.1 Å². The summed E-state index contributed by atoms with van der Waals surface area (Å²) in [5.74, 6) is -0.837. The Morgan fingerprint density at radius 1 is 1.39 bits per heavy atom. The van der Waals surface area contributed by atoms with E-state index in [1.807, 2.05) is 18.3 Å². The second kappa shape index (κ2) is 6.54. The Morgan fingerprint density at radius 3 is 2.96 bits per heavy atom. The van der Waals surface area contributed by atoms with Gasteiger partial charge in [0, 0.05) is 37.4 Å².